The highest BCUT2D eigenvalue weighted by Crippen LogP contribution is 2.14. The van der Waals surface area contributed by atoms with Gasteiger partial charge in [0.25, 0.3) is 5.91 Å². The Hall–Kier alpha value is -1.82. The van der Waals surface area contributed by atoms with E-state index in [-0.39, 0.29) is 5.91 Å². The highest BCUT2D eigenvalue weighted by atomic mass is 32.2. The summed E-state index contributed by atoms with van der Waals surface area (Å²) < 4.78 is 24.2. The molecule has 1 rings (SSSR count). The van der Waals surface area contributed by atoms with E-state index in [1.165, 1.54) is 12.1 Å². The Labute approximate surface area is 101 Å². The first-order valence-corrected chi connectivity index (χ1v) is 6.63. The lowest BCUT2D eigenvalue weighted by Gasteiger charge is -2.06. The summed E-state index contributed by atoms with van der Waals surface area (Å²) in [6.07, 6.45) is 1.06. The summed E-state index contributed by atoms with van der Waals surface area (Å²) in [6, 6.07) is 7.27. The van der Waals surface area contributed by atoms with Crippen molar-refractivity contribution in [2.45, 2.75) is 6.92 Å². The zero-order valence-electron chi connectivity index (χ0n) is 9.57. The molecule has 0 aliphatic rings. The largest absolute Gasteiger partial charge is 0.322 e. The van der Waals surface area contributed by atoms with Crippen LogP contribution in [0.3, 0.4) is 0 Å². The topological polar surface area (TPSA) is 75.3 Å². The minimum Gasteiger partial charge on any atom is -0.322 e. The Bertz CT molecular complexity index is 532. The zero-order valence-corrected chi connectivity index (χ0v) is 10.4. The Balaban J connectivity index is 2.75. The first-order chi connectivity index (χ1) is 7.78. The van der Waals surface area contributed by atoms with E-state index in [1.807, 2.05) is 0 Å². The van der Waals surface area contributed by atoms with Gasteiger partial charge in [-0.15, -0.1) is 0 Å². The highest BCUT2D eigenvalue weighted by molar-refractivity contribution is 7.92. The van der Waals surface area contributed by atoms with Gasteiger partial charge in [0, 0.05) is 23.0 Å². The van der Waals surface area contributed by atoms with Gasteiger partial charge in [-0.05, 0) is 25.1 Å². The molecular weight excluding hydrogens is 240 g/mol. The van der Waals surface area contributed by atoms with E-state index in [4.69, 9.17) is 0 Å². The number of anilines is 2. The van der Waals surface area contributed by atoms with Crippen LogP contribution in [0.1, 0.15) is 6.92 Å². The van der Waals surface area contributed by atoms with E-state index in [1.54, 1.807) is 13.0 Å². The van der Waals surface area contributed by atoms with E-state index in [0.29, 0.717) is 16.9 Å². The van der Waals surface area contributed by atoms with Crippen LogP contribution in [0, 0.1) is 6.07 Å². The van der Waals surface area contributed by atoms with Crippen LogP contribution in [0.15, 0.2) is 30.4 Å². The molecule has 0 aromatic heterocycles. The summed E-state index contributed by atoms with van der Waals surface area (Å²) in [5.41, 5.74) is 1.23. The van der Waals surface area contributed by atoms with Crippen molar-refractivity contribution in [2.24, 2.45) is 0 Å². The minimum atomic E-state index is -3.30. The molecule has 0 unspecified atom stereocenters. The van der Waals surface area contributed by atoms with Gasteiger partial charge in [0.1, 0.15) is 0 Å². The Morgan fingerprint density at radius 2 is 2.06 bits per heavy atom. The van der Waals surface area contributed by atoms with E-state index in [0.717, 1.165) is 6.26 Å². The molecule has 5 nitrogen and oxygen atoms in total. The van der Waals surface area contributed by atoms with Crippen molar-refractivity contribution < 1.29 is 13.2 Å². The van der Waals surface area contributed by atoms with Crippen molar-refractivity contribution in [1.29, 1.82) is 0 Å². The smallest absolute Gasteiger partial charge is 0.250 e. The van der Waals surface area contributed by atoms with E-state index < -0.39 is 10.0 Å². The normalized spacial score (nSPS) is 10.7. The van der Waals surface area contributed by atoms with Crippen molar-refractivity contribution in [1.82, 2.24) is 0 Å². The number of carbonyl (C=O) groups excluding carboxylic acids is 1. The average molecular weight is 253 g/mol. The molecule has 0 aliphatic carbocycles. The molecule has 0 spiro atoms. The molecular formula is C11H13N2O3S. The van der Waals surface area contributed by atoms with E-state index in [9.17, 15) is 13.2 Å². The molecule has 6 heteroatoms. The van der Waals surface area contributed by atoms with Gasteiger partial charge in [-0.1, -0.05) is 6.58 Å². The maximum atomic E-state index is 11.3. The molecule has 0 aliphatic heterocycles. The maximum Gasteiger partial charge on any atom is 0.250 e. The first kappa shape index (κ1) is 13.2. The molecule has 1 radical (unpaired) electrons. The Morgan fingerprint density at radius 3 is 2.47 bits per heavy atom. The standard InChI is InChI=1S/C11H13N2O3S/c1-8(2)11(14)12-9-4-6-10(7-5-9)13-17(3,15)16/h4,6-7,13H,1H2,2-3H3,(H,12,14). The second-order valence-electron chi connectivity index (χ2n) is 3.60. The third kappa shape index (κ3) is 4.69. The number of hydrogen-bond donors (Lipinski definition) is 2. The van der Waals surface area contributed by atoms with Crippen molar-refractivity contribution in [3.63, 3.8) is 0 Å². The van der Waals surface area contributed by atoms with Gasteiger partial charge in [0.2, 0.25) is 10.0 Å². The van der Waals surface area contributed by atoms with Crippen molar-refractivity contribution in [3.05, 3.63) is 36.4 Å². The maximum absolute atomic E-state index is 11.3. The van der Waals surface area contributed by atoms with Gasteiger partial charge in [-0.2, -0.15) is 0 Å². The lowest BCUT2D eigenvalue weighted by Crippen LogP contribution is -2.12. The molecule has 1 amide bonds. The molecule has 1 aromatic rings. The molecule has 91 valence electrons. The summed E-state index contributed by atoms with van der Waals surface area (Å²) in [7, 11) is -3.30. The van der Waals surface area contributed by atoms with Crippen molar-refractivity contribution in [2.75, 3.05) is 16.3 Å². The summed E-state index contributed by atoms with van der Waals surface area (Å²) >= 11 is 0. The van der Waals surface area contributed by atoms with Crippen LogP contribution < -0.4 is 10.0 Å². The molecule has 17 heavy (non-hydrogen) atoms. The number of rotatable bonds is 4. The van der Waals surface area contributed by atoms with Crippen molar-refractivity contribution in [3.8, 4) is 0 Å². The number of nitrogens with one attached hydrogen (secondary N) is 2. The highest BCUT2D eigenvalue weighted by Gasteiger charge is 2.04. The van der Waals surface area contributed by atoms with Gasteiger partial charge in [-0.25, -0.2) is 8.42 Å². The van der Waals surface area contributed by atoms with Crippen LogP contribution in [0.25, 0.3) is 0 Å². The quantitative estimate of drug-likeness (QED) is 0.796. The lowest BCUT2D eigenvalue weighted by molar-refractivity contribution is -0.112. The lowest BCUT2D eigenvalue weighted by atomic mass is 10.2. The summed E-state index contributed by atoms with van der Waals surface area (Å²) in [5.74, 6) is -0.301. The zero-order chi connectivity index (χ0) is 13.1. The predicted octanol–water partition coefficient (Wildman–Crippen LogP) is 1.37. The second kappa shape index (κ2) is 5.01. The van der Waals surface area contributed by atoms with Crippen LogP contribution in [0.5, 0.6) is 0 Å². The Kier molecular flexibility index (Phi) is 3.90. The average Bonchev–Trinajstić information content (AvgIpc) is 2.18. The van der Waals surface area contributed by atoms with E-state index >= 15 is 0 Å². The fourth-order valence-corrected chi connectivity index (χ4v) is 1.56. The molecule has 1 aromatic carbocycles. The second-order valence-corrected chi connectivity index (χ2v) is 5.35. The van der Waals surface area contributed by atoms with Crippen LogP contribution in [0.4, 0.5) is 11.4 Å². The van der Waals surface area contributed by atoms with Crippen LogP contribution in [-0.2, 0) is 14.8 Å². The van der Waals surface area contributed by atoms with Crippen molar-refractivity contribution >= 4 is 27.3 Å². The Morgan fingerprint density at radius 1 is 1.41 bits per heavy atom. The minimum absolute atomic E-state index is 0.301. The SMILES string of the molecule is C=C(C)C(=O)Nc1[c]cc(NS(C)(=O)=O)cc1. The summed E-state index contributed by atoms with van der Waals surface area (Å²) in [6.45, 7) is 5.09. The van der Waals surface area contributed by atoms with Crippen LogP contribution in [-0.4, -0.2) is 20.6 Å². The van der Waals surface area contributed by atoms with Crippen LogP contribution in [0.2, 0.25) is 0 Å². The van der Waals surface area contributed by atoms with Gasteiger partial charge in [0.05, 0.1) is 6.26 Å². The van der Waals surface area contributed by atoms with Gasteiger partial charge >= 0.3 is 0 Å². The third-order valence-corrected chi connectivity index (χ3v) is 2.36. The number of amides is 1. The number of hydrogen-bond acceptors (Lipinski definition) is 3. The fourth-order valence-electron chi connectivity index (χ4n) is 1.01. The predicted molar refractivity (Wildman–Crippen MR) is 67.2 cm³/mol. The van der Waals surface area contributed by atoms with Gasteiger partial charge < -0.3 is 5.32 Å². The molecule has 0 bridgehead atoms. The number of carbonyl (C=O) groups is 1. The number of sulfonamides is 1. The van der Waals surface area contributed by atoms with E-state index in [2.05, 4.69) is 22.7 Å². The summed E-state index contributed by atoms with van der Waals surface area (Å²) in [5, 5.41) is 2.56. The molecule has 2 N–H and O–H groups in total. The monoisotopic (exact) mass is 253 g/mol. The van der Waals surface area contributed by atoms with Gasteiger partial charge in [-0.3, -0.25) is 9.52 Å². The summed E-state index contributed by atoms with van der Waals surface area (Å²) in [4.78, 5) is 11.3. The molecule has 0 fully saturated rings. The van der Waals surface area contributed by atoms with Crippen LogP contribution >= 0.6 is 0 Å². The molecule has 0 heterocycles. The first-order valence-electron chi connectivity index (χ1n) is 4.74. The van der Waals surface area contributed by atoms with Gasteiger partial charge in [0.15, 0.2) is 0 Å². The molecule has 0 saturated heterocycles. The third-order valence-electron chi connectivity index (χ3n) is 1.75. The number of benzene rings is 1. The molecule has 0 saturated carbocycles. The molecule has 0 atom stereocenters. The fraction of sp³-hybridized carbons (Fsp3) is 0.182.